The summed E-state index contributed by atoms with van der Waals surface area (Å²) in [7, 11) is 0. The van der Waals surface area contributed by atoms with E-state index in [-0.39, 0.29) is 11.5 Å². The van der Waals surface area contributed by atoms with Crippen molar-refractivity contribution in [2.45, 2.75) is 26.7 Å². The van der Waals surface area contributed by atoms with Crippen molar-refractivity contribution < 1.29 is 4.79 Å². The lowest BCUT2D eigenvalue weighted by atomic mass is 10.1. The van der Waals surface area contributed by atoms with Gasteiger partial charge in [0.05, 0.1) is 0 Å². The summed E-state index contributed by atoms with van der Waals surface area (Å²) >= 11 is 0. The first-order chi connectivity index (χ1) is 12.5. The molecule has 1 aliphatic heterocycles. The van der Waals surface area contributed by atoms with Gasteiger partial charge in [0.2, 0.25) is 0 Å². The summed E-state index contributed by atoms with van der Waals surface area (Å²) in [6.07, 6.45) is 4.10. The number of anilines is 2. The first kappa shape index (κ1) is 17.8. The minimum atomic E-state index is -0.388. The molecule has 1 saturated heterocycles. The van der Waals surface area contributed by atoms with E-state index in [2.05, 4.69) is 10.2 Å². The predicted molar refractivity (Wildman–Crippen MR) is 106 cm³/mol. The molecule has 132 valence electrons. The zero-order valence-electron chi connectivity index (χ0n) is 15.2. The van der Waals surface area contributed by atoms with Crippen LogP contribution in [0.4, 0.5) is 11.4 Å². The first-order valence-electron chi connectivity index (χ1n) is 8.91. The van der Waals surface area contributed by atoms with Crippen LogP contribution in [0.2, 0.25) is 0 Å². The quantitative estimate of drug-likeness (QED) is 0.658. The highest BCUT2D eigenvalue weighted by Gasteiger charge is 2.13. The van der Waals surface area contributed by atoms with E-state index in [0.717, 1.165) is 29.8 Å². The molecule has 0 radical (unpaired) electrons. The van der Waals surface area contributed by atoms with Gasteiger partial charge in [0.25, 0.3) is 5.91 Å². The van der Waals surface area contributed by atoms with E-state index in [1.165, 1.54) is 18.5 Å². The summed E-state index contributed by atoms with van der Waals surface area (Å²) < 4.78 is 0. The van der Waals surface area contributed by atoms with Crippen molar-refractivity contribution in [3.63, 3.8) is 0 Å². The number of carbonyl (C=O) groups excluding carboxylic acids is 1. The molecule has 4 nitrogen and oxygen atoms in total. The van der Waals surface area contributed by atoms with Crippen molar-refractivity contribution >= 4 is 23.4 Å². The highest BCUT2D eigenvalue weighted by atomic mass is 16.1. The lowest BCUT2D eigenvalue weighted by molar-refractivity contribution is -0.112. The molecule has 4 heteroatoms. The molecule has 0 unspecified atom stereocenters. The van der Waals surface area contributed by atoms with Crippen LogP contribution in [-0.2, 0) is 4.79 Å². The van der Waals surface area contributed by atoms with Gasteiger partial charge in [0, 0.05) is 24.5 Å². The van der Waals surface area contributed by atoms with Gasteiger partial charge in [-0.1, -0.05) is 18.2 Å². The summed E-state index contributed by atoms with van der Waals surface area (Å²) in [4.78, 5) is 14.8. The van der Waals surface area contributed by atoms with Gasteiger partial charge >= 0.3 is 0 Å². The zero-order chi connectivity index (χ0) is 18.5. The third-order valence-electron chi connectivity index (χ3n) is 4.52. The fourth-order valence-corrected chi connectivity index (χ4v) is 3.32. The van der Waals surface area contributed by atoms with Gasteiger partial charge in [-0.25, -0.2) is 0 Å². The molecule has 1 amide bonds. The highest BCUT2D eigenvalue weighted by Crippen LogP contribution is 2.21. The Balaban J connectivity index is 1.74. The van der Waals surface area contributed by atoms with Crippen LogP contribution in [0, 0.1) is 25.2 Å². The highest BCUT2D eigenvalue weighted by molar-refractivity contribution is 6.09. The van der Waals surface area contributed by atoms with Gasteiger partial charge in [0.1, 0.15) is 11.6 Å². The van der Waals surface area contributed by atoms with E-state index in [1.807, 2.05) is 62.4 Å². The van der Waals surface area contributed by atoms with Crippen LogP contribution in [0.15, 0.2) is 48.0 Å². The fourth-order valence-electron chi connectivity index (χ4n) is 3.32. The number of rotatable bonds is 4. The van der Waals surface area contributed by atoms with Crippen molar-refractivity contribution in [1.29, 1.82) is 5.26 Å². The Morgan fingerprint density at radius 1 is 1.08 bits per heavy atom. The summed E-state index contributed by atoms with van der Waals surface area (Å²) in [6, 6.07) is 15.8. The number of hydrogen-bond donors (Lipinski definition) is 1. The molecule has 0 spiro atoms. The average Bonchev–Trinajstić information content (AvgIpc) is 3.13. The van der Waals surface area contributed by atoms with Gasteiger partial charge < -0.3 is 10.2 Å². The molecule has 0 aliphatic carbocycles. The topological polar surface area (TPSA) is 56.1 Å². The van der Waals surface area contributed by atoms with Gasteiger partial charge in [-0.3, -0.25) is 4.79 Å². The van der Waals surface area contributed by atoms with Crippen LogP contribution < -0.4 is 10.2 Å². The molecular formula is C22H23N3O. The zero-order valence-corrected chi connectivity index (χ0v) is 15.2. The number of carbonyl (C=O) groups is 1. The van der Waals surface area contributed by atoms with Crippen molar-refractivity contribution in [1.82, 2.24) is 0 Å². The Bertz CT molecular complexity index is 849. The maximum atomic E-state index is 12.4. The number of hydrogen-bond acceptors (Lipinski definition) is 3. The maximum Gasteiger partial charge on any atom is 0.266 e. The Kier molecular flexibility index (Phi) is 5.38. The molecule has 0 saturated carbocycles. The van der Waals surface area contributed by atoms with E-state index in [0.29, 0.717) is 5.69 Å². The number of benzene rings is 2. The van der Waals surface area contributed by atoms with Crippen LogP contribution >= 0.6 is 0 Å². The monoisotopic (exact) mass is 345 g/mol. The minimum absolute atomic E-state index is 0.0954. The molecule has 1 N–H and O–H groups in total. The van der Waals surface area contributed by atoms with Crippen LogP contribution in [0.5, 0.6) is 0 Å². The second-order valence-corrected chi connectivity index (χ2v) is 6.79. The second kappa shape index (κ2) is 7.88. The number of nitriles is 1. The van der Waals surface area contributed by atoms with Crippen LogP contribution in [0.3, 0.4) is 0 Å². The smallest absolute Gasteiger partial charge is 0.266 e. The maximum absolute atomic E-state index is 12.4. The van der Waals surface area contributed by atoms with E-state index in [1.54, 1.807) is 6.08 Å². The summed E-state index contributed by atoms with van der Waals surface area (Å²) in [5, 5.41) is 12.2. The summed E-state index contributed by atoms with van der Waals surface area (Å²) in [6.45, 7) is 6.14. The molecule has 0 bridgehead atoms. The van der Waals surface area contributed by atoms with E-state index in [9.17, 15) is 10.1 Å². The fraction of sp³-hybridized carbons (Fsp3) is 0.273. The molecular weight excluding hydrogens is 322 g/mol. The van der Waals surface area contributed by atoms with Gasteiger partial charge in [0.15, 0.2) is 0 Å². The SMILES string of the molecule is Cc1cc(C)cc(NC(=O)C(C#N)=Cc2ccc(N3CCCC3)cc2)c1. The molecule has 0 atom stereocenters. The number of nitrogens with zero attached hydrogens (tertiary/aromatic N) is 2. The molecule has 3 rings (SSSR count). The Hall–Kier alpha value is -3.06. The Labute approximate surface area is 154 Å². The predicted octanol–water partition coefficient (Wildman–Crippen LogP) is 4.45. The second-order valence-electron chi connectivity index (χ2n) is 6.79. The van der Waals surface area contributed by atoms with Gasteiger partial charge in [-0.15, -0.1) is 0 Å². The lowest BCUT2D eigenvalue weighted by Crippen LogP contribution is -2.17. The van der Waals surface area contributed by atoms with Crippen LogP contribution in [0.25, 0.3) is 6.08 Å². The molecule has 0 aromatic heterocycles. The van der Waals surface area contributed by atoms with E-state index >= 15 is 0 Å². The molecule has 1 heterocycles. The van der Waals surface area contributed by atoms with Crippen molar-refractivity contribution in [2.75, 3.05) is 23.3 Å². The first-order valence-corrected chi connectivity index (χ1v) is 8.91. The number of amides is 1. The van der Waals surface area contributed by atoms with Crippen molar-refractivity contribution in [3.8, 4) is 6.07 Å². The standard InChI is InChI=1S/C22H23N3O/c1-16-11-17(2)13-20(12-16)24-22(26)19(15-23)14-18-5-7-21(8-6-18)25-9-3-4-10-25/h5-8,11-14H,3-4,9-10H2,1-2H3,(H,24,26). The minimum Gasteiger partial charge on any atom is -0.372 e. The molecule has 26 heavy (non-hydrogen) atoms. The van der Waals surface area contributed by atoms with Crippen molar-refractivity contribution in [3.05, 3.63) is 64.7 Å². The van der Waals surface area contributed by atoms with Gasteiger partial charge in [-0.2, -0.15) is 5.26 Å². The van der Waals surface area contributed by atoms with E-state index < -0.39 is 0 Å². The summed E-state index contributed by atoms with van der Waals surface area (Å²) in [5.41, 5.74) is 4.98. The largest absolute Gasteiger partial charge is 0.372 e. The Morgan fingerprint density at radius 2 is 1.69 bits per heavy atom. The molecule has 2 aromatic carbocycles. The normalized spacial score (nSPS) is 14.2. The van der Waals surface area contributed by atoms with Gasteiger partial charge in [-0.05, 0) is 73.7 Å². The summed E-state index contributed by atoms with van der Waals surface area (Å²) in [5.74, 6) is -0.388. The lowest BCUT2D eigenvalue weighted by Gasteiger charge is -2.17. The molecule has 2 aromatic rings. The third-order valence-corrected chi connectivity index (χ3v) is 4.52. The average molecular weight is 345 g/mol. The van der Waals surface area contributed by atoms with Crippen LogP contribution in [-0.4, -0.2) is 19.0 Å². The molecule has 1 fully saturated rings. The van der Waals surface area contributed by atoms with Crippen molar-refractivity contribution in [2.24, 2.45) is 0 Å². The number of aryl methyl sites for hydroxylation is 2. The third kappa shape index (κ3) is 4.31. The van der Waals surface area contributed by atoms with E-state index in [4.69, 9.17) is 0 Å². The Morgan fingerprint density at radius 3 is 2.27 bits per heavy atom. The van der Waals surface area contributed by atoms with Crippen LogP contribution in [0.1, 0.15) is 29.5 Å². The number of nitrogens with one attached hydrogen (secondary N) is 1. The molecule has 1 aliphatic rings.